The Morgan fingerprint density at radius 2 is 1.83 bits per heavy atom. The number of hydrogen-bond donors (Lipinski definition) is 2. The van der Waals surface area contributed by atoms with E-state index in [1.807, 2.05) is 4.90 Å². The van der Waals surface area contributed by atoms with Gasteiger partial charge in [-0.25, -0.2) is 0 Å². The van der Waals surface area contributed by atoms with Crippen LogP contribution in [-0.4, -0.2) is 55.1 Å². The summed E-state index contributed by atoms with van der Waals surface area (Å²) in [6.07, 6.45) is 7.24. The van der Waals surface area contributed by atoms with Crippen molar-refractivity contribution in [3.05, 3.63) is 0 Å². The lowest BCUT2D eigenvalue weighted by Crippen LogP contribution is -2.53. The van der Waals surface area contributed by atoms with E-state index in [1.54, 1.807) is 0 Å². The summed E-state index contributed by atoms with van der Waals surface area (Å²) in [4.78, 5) is 26.2. The average Bonchev–Trinajstić information content (AvgIpc) is 3.07. The molecule has 2 amide bonds. The molecule has 1 saturated heterocycles. The molecular weight excluding hydrogens is 330 g/mol. The van der Waals surface area contributed by atoms with Gasteiger partial charge < -0.3 is 20.7 Å². The predicted molar refractivity (Wildman–Crippen MR) is 96.0 cm³/mol. The van der Waals surface area contributed by atoms with Crippen LogP contribution in [0.4, 0.5) is 0 Å². The summed E-state index contributed by atoms with van der Waals surface area (Å²) in [5.74, 6) is 0.271. The third-order valence-electron chi connectivity index (χ3n) is 4.95. The first kappa shape index (κ1) is 21.2. The predicted octanol–water partition coefficient (Wildman–Crippen LogP) is 1.46. The van der Waals surface area contributed by atoms with Crippen LogP contribution >= 0.6 is 12.4 Å². The van der Waals surface area contributed by atoms with Crippen LogP contribution in [-0.2, 0) is 14.3 Å². The van der Waals surface area contributed by atoms with Gasteiger partial charge >= 0.3 is 0 Å². The van der Waals surface area contributed by atoms with Gasteiger partial charge in [-0.3, -0.25) is 9.59 Å². The molecule has 2 fully saturated rings. The van der Waals surface area contributed by atoms with Crippen LogP contribution < -0.4 is 11.1 Å². The molecule has 1 saturated carbocycles. The van der Waals surface area contributed by atoms with Gasteiger partial charge in [0.1, 0.15) is 6.04 Å². The molecule has 1 atom stereocenters. The largest absolute Gasteiger partial charge is 0.378 e. The lowest BCUT2D eigenvalue weighted by molar-refractivity contribution is -0.140. The van der Waals surface area contributed by atoms with Crippen LogP contribution in [0.1, 0.15) is 51.9 Å². The molecule has 0 bridgehead atoms. The zero-order valence-electron chi connectivity index (χ0n) is 14.7. The molecule has 0 aromatic carbocycles. The Labute approximate surface area is 151 Å². The van der Waals surface area contributed by atoms with Gasteiger partial charge in [0.05, 0.1) is 6.10 Å². The first-order valence-electron chi connectivity index (χ1n) is 8.99. The molecule has 7 heteroatoms. The maximum absolute atomic E-state index is 12.8. The quantitative estimate of drug-likeness (QED) is 0.672. The number of rotatable bonds is 7. The van der Waals surface area contributed by atoms with Crippen LogP contribution in [0.2, 0.25) is 0 Å². The Balaban J connectivity index is 0.00000288. The van der Waals surface area contributed by atoms with Crippen LogP contribution in [0.15, 0.2) is 0 Å². The van der Waals surface area contributed by atoms with Gasteiger partial charge in [0.2, 0.25) is 11.8 Å². The number of piperidine rings is 1. The number of nitrogens with zero attached hydrogens (tertiary/aromatic N) is 1. The van der Waals surface area contributed by atoms with E-state index in [4.69, 9.17) is 10.5 Å². The van der Waals surface area contributed by atoms with E-state index in [1.165, 1.54) is 6.92 Å². The molecule has 3 N–H and O–H groups in total. The number of nitrogens with one attached hydrogen (secondary N) is 1. The molecule has 0 radical (unpaired) electrons. The summed E-state index contributed by atoms with van der Waals surface area (Å²) in [7, 11) is 0. The van der Waals surface area contributed by atoms with Crippen LogP contribution in [0.5, 0.6) is 0 Å². The van der Waals surface area contributed by atoms with Crippen molar-refractivity contribution >= 4 is 24.2 Å². The first-order valence-corrected chi connectivity index (χ1v) is 8.99. The van der Waals surface area contributed by atoms with E-state index in [9.17, 15) is 9.59 Å². The van der Waals surface area contributed by atoms with E-state index >= 15 is 0 Å². The molecule has 0 aromatic heterocycles. The summed E-state index contributed by atoms with van der Waals surface area (Å²) >= 11 is 0. The molecule has 0 spiro atoms. The minimum Gasteiger partial charge on any atom is -0.378 e. The molecule has 1 unspecified atom stereocenters. The molecule has 2 rings (SSSR count). The molecule has 1 aliphatic heterocycles. The van der Waals surface area contributed by atoms with Crippen LogP contribution in [0, 0.1) is 5.92 Å². The van der Waals surface area contributed by atoms with E-state index in [0.29, 0.717) is 19.1 Å². The number of halogens is 1. The minimum atomic E-state index is -0.343. The van der Waals surface area contributed by atoms with Crippen molar-refractivity contribution in [3.63, 3.8) is 0 Å². The van der Waals surface area contributed by atoms with Crippen molar-refractivity contribution in [2.75, 3.05) is 26.2 Å². The average molecular weight is 362 g/mol. The van der Waals surface area contributed by atoms with Crippen LogP contribution in [0.3, 0.4) is 0 Å². The van der Waals surface area contributed by atoms with Crippen molar-refractivity contribution in [1.82, 2.24) is 10.2 Å². The van der Waals surface area contributed by atoms with Gasteiger partial charge in [0.15, 0.2) is 0 Å². The second kappa shape index (κ2) is 10.9. The molecule has 24 heavy (non-hydrogen) atoms. The summed E-state index contributed by atoms with van der Waals surface area (Å²) in [5, 5.41) is 2.90. The smallest absolute Gasteiger partial charge is 0.245 e. The Morgan fingerprint density at radius 1 is 1.21 bits per heavy atom. The lowest BCUT2D eigenvalue weighted by Gasteiger charge is -2.35. The molecule has 140 valence electrons. The lowest BCUT2D eigenvalue weighted by atomic mass is 9.95. The first-order chi connectivity index (χ1) is 11.1. The summed E-state index contributed by atoms with van der Waals surface area (Å²) < 4.78 is 5.79. The summed E-state index contributed by atoms with van der Waals surface area (Å²) in [6, 6.07) is -0.343. The third-order valence-corrected chi connectivity index (χ3v) is 4.95. The zero-order valence-corrected chi connectivity index (χ0v) is 15.5. The maximum Gasteiger partial charge on any atom is 0.245 e. The second-order valence-electron chi connectivity index (χ2n) is 6.76. The van der Waals surface area contributed by atoms with Crippen molar-refractivity contribution < 1.29 is 14.3 Å². The van der Waals surface area contributed by atoms with Gasteiger partial charge in [-0.2, -0.15) is 0 Å². The monoisotopic (exact) mass is 361 g/mol. The highest BCUT2D eigenvalue weighted by Gasteiger charge is 2.35. The third kappa shape index (κ3) is 6.22. The SMILES string of the molecule is CC(=O)NC(C(=O)N1CCC(OCCCN)CC1)C1CCCC1.Cl. The number of hydrogen-bond acceptors (Lipinski definition) is 4. The maximum atomic E-state index is 12.8. The molecule has 1 heterocycles. The van der Waals surface area contributed by atoms with Crippen molar-refractivity contribution in [1.29, 1.82) is 0 Å². The Kier molecular flexibility index (Phi) is 9.63. The highest BCUT2D eigenvalue weighted by atomic mass is 35.5. The number of likely N-dealkylation sites (tertiary alicyclic amines) is 1. The standard InChI is InChI=1S/C17H31N3O3.ClH/c1-13(21)19-16(14-5-2-3-6-14)17(22)20-10-7-15(8-11-20)23-12-4-9-18;/h14-16H,2-12,18H2,1H3,(H,19,21);1H. The number of carbonyl (C=O) groups excluding carboxylic acids is 2. The molecule has 2 aliphatic rings. The molecule has 1 aliphatic carbocycles. The van der Waals surface area contributed by atoms with E-state index < -0.39 is 0 Å². The fraction of sp³-hybridized carbons (Fsp3) is 0.882. The Morgan fingerprint density at radius 3 is 2.38 bits per heavy atom. The number of carbonyl (C=O) groups is 2. The molecular formula is C17H32ClN3O3. The van der Waals surface area contributed by atoms with Crippen molar-refractivity contribution in [3.8, 4) is 0 Å². The highest BCUT2D eigenvalue weighted by molar-refractivity contribution is 5.87. The Hall–Kier alpha value is -0.850. The zero-order chi connectivity index (χ0) is 16.7. The molecule has 0 aromatic rings. The normalized spacial score (nSPS) is 20.5. The molecule has 6 nitrogen and oxygen atoms in total. The number of ether oxygens (including phenoxy) is 1. The van der Waals surface area contributed by atoms with Gasteiger partial charge in [0, 0.05) is 26.6 Å². The van der Waals surface area contributed by atoms with E-state index in [2.05, 4.69) is 5.32 Å². The fourth-order valence-corrected chi connectivity index (χ4v) is 3.66. The van der Waals surface area contributed by atoms with E-state index in [-0.39, 0.29) is 36.4 Å². The number of nitrogens with two attached hydrogens (primary N) is 1. The van der Waals surface area contributed by atoms with E-state index in [0.717, 1.165) is 58.0 Å². The Bertz CT molecular complexity index is 395. The van der Waals surface area contributed by atoms with Crippen LogP contribution in [0.25, 0.3) is 0 Å². The second-order valence-corrected chi connectivity index (χ2v) is 6.76. The van der Waals surface area contributed by atoms with Gasteiger partial charge in [-0.05, 0) is 44.6 Å². The topological polar surface area (TPSA) is 84.7 Å². The van der Waals surface area contributed by atoms with Gasteiger partial charge in [-0.15, -0.1) is 12.4 Å². The fourth-order valence-electron chi connectivity index (χ4n) is 3.66. The highest BCUT2D eigenvalue weighted by Crippen LogP contribution is 2.29. The van der Waals surface area contributed by atoms with Crippen molar-refractivity contribution in [2.24, 2.45) is 11.7 Å². The summed E-state index contributed by atoms with van der Waals surface area (Å²) in [6.45, 7) is 4.28. The van der Waals surface area contributed by atoms with Crippen molar-refractivity contribution in [2.45, 2.75) is 64.0 Å². The van der Waals surface area contributed by atoms with Gasteiger partial charge in [0.25, 0.3) is 0 Å². The number of amides is 2. The van der Waals surface area contributed by atoms with Gasteiger partial charge in [-0.1, -0.05) is 12.8 Å². The minimum absolute atomic E-state index is 0. The summed E-state index contributed by atoms with van der Waals surface area (Å²) in [5.41, 5.74) is 5.47.